The summed E-state index contributed by atoms with van der Waals surface area (Å²) in [6, 6.07) is 5.99. The molecule has 0 aliphatic carbocycles. The Labute approximate surface area is 104 Å². The van der Waals surface area contributed by atoms with E-state index in [0.29, 0.717) is 11.7 Å². The molecule has 4 nitrogen and oxygen atoms in total. The van der Waals surface area contributed by atoms with Gasteiger partial charge in [-0.25, -0.2) is 9.37 Å². The summed E-state index contributed by atoms with van der Waals surface area (Å²) >= 11 is 0. The van der Waals surface area contributed by atoms with E-state index in [-0.39, 0.29) is 17.9 Å². The van der Waals surface area contributed by atoms with Gasteiger partial charge in [-0.05, 0) is 26.0 Å². The minimum atomic E-state index is -0.602. The van der Waals surface area contributed by atoms with Crippen LogP contribution in [0.25, 0.3) is 0 Å². The van der Waals surface area contributed by atoms with Gasteiger partial charge in [0.25, 0.3) is 0 Å². The average molecular weight is 246 g/mol. The van der Waals surface area contributed by atoms with Crippen molar-refractivity contribution >= 4 is 0 Å². The second kappa shape index (κ2) is 4.88. The van der Waals surface area contributed by atoms with Crippen LogP contribution in [-0.2, 0) is 6.61 Å². The van der Waals surface area contributed by atoms with Crippen LogP contribution in [0, 0.1) is 31.0 Å². The number of hydrogen-bond acceptors (Lipinski definition) is 4. The van der Waals surface area contributed by atoms with Gasteiger partial charge < -0.3 is 9.15 Å². The number of oxazole rings is 1. The Morgan fingerprint density at radius 2 is 2.22 bits per heavy atom. The average Bonchev–Trinajstić information content (AvgIpc) is 2.66. The van der Waals surface area contributed by atoms with Crippen LogP contribution in [0.4, 0.5) is 4.39 Å². The molecule has 0 radical (unpaired) electrons. The van der Waals surface area contributed by atoms with Crippen LogP contribution in [0.2, 0.25) is 0 Å². The van der Waals surface area contributed by atoms with Crippen molar-refractivity contribution in [3.05, 3.63) is 46.9 Å². The first-order valence-corrected chi connectivity index (χ1v) is 5.36. The van der Waals surface area contributed by atoms with Gasteiger partial charge in [0.1, 0.15) is 29.0 Å². The van der Waals surface area contributed by atoms with Gasteiger partial charge in [-0.3, -0.25) is 0 Å². The van der Waals surface area contributed by atoms with Gasteiger partial charge in [0.05, 0.1) is 5.69 Å². The first kappa shape index (κ1) is 12.1. The van der Waals surface area contributed by atoms with Crippen molar-refractivity contribution in [1.29, 1.82) is 5.26 Å². The molecule has 0 atom stereocenters. The Balaban J connectivity index is 2.16. The lowest BCUT2D eigenvalue weighted by Crippen LogP contribution is -1.99. The Bertz CT molecular complexity index is 594. The molecule has 92 valence electrons. The Hall–Kier alpha value is -2.35. The van der Waals surface area contributed by atoms with E-state index in [0.717, 1.165) is 5.69 Å². The van der Waals surface area contributed by atoms with E-state index in [2.05, 4.69) is 4.98 Å². The molecule has 1 aromatic heterocycles. The molecule has 0 fully saturated rings. The summed E-state index contributed by atoms with van der Waals surface area (Å²) in [4.78, 5) is 4.13. The van der Waals surface area contributed by atoms with Gasteiger partial charge in [-0.15, -0.1) is 0 Å². The second-order valence-electron chi connectivity index (χ2n) is 3.76. The maximum atomic E-state index is 13.3. The van der Waals surface area contributed by atoms with Gasteiger partial charge in [0.2, 0.25) is 5.89 Å². The number of hydrogen-bond donors (Lipinski definition) is 0. The number of ether oxygens (including phenoxy) is 1. The first-order valence-electron chi connectivity index (χ1n) is 5.36. The molecule has 0 N–H and O–H groups in total. The van der Waals surface area contributed by atoms with E-state index in [1.165, 1.54) is 18.2 Å². The lowest BCUT2D eigenvalue weighted by molar-refractivity contribution is 0.258. The molecule has 1 heterocycles. The largest absolute Gasteiger partial charge is 0.482 e. The quantitative estimate of drug-likeness (QED) is 0.835. The first-order chi connectivity index (χ1) is 8.61. The molecule has 18 heavy (non-hydrogen) atoms. The molecule has 0 aliphatic rings. The number of rotatable bonds is 3. The zero-order valence-electron chi connectivity index (χ0n) is 10.0. The molecule has 1 aromatic carbocycles. The Morgan fingerprint density at radius 1 is 1.44 bits per heavy atom. The third-order valence-electron chi connectivity index (χ3n) is 2.51. The lowest BCUT2D eigenvalue weighted by atomic mass is 10.2. The molecule has 0 saturated heterocycles. The fraction of sp³-hybridized carbons (Fsp3) is 0.231. The Morgan fingerprint density at radius 3 is 2.83 bits per heavy atom. The van der Waals surface area contributed by atoms with E-state index < -0.39 is 5.82 Å². The fourth-order valence-electron chi connectivity index (χ4n) is 1.47. The Kier molecular flexibility index (Phi) is 3.28. The monoisotopic (exact) mass is 246 g/mol. The number of nitrogens with zero attached hydrogens (tertiary/aromatic N) is 2. The van der Waals surface area contributed by atoms with Crippen molar-refractivity contribution in [1.82, 2.24) is 4.98 Å². The van der Waals surface area contributed by atoms with Crippen molar-refractivity contribution in [2.45, 2.75) is 20.5 Å². The highest BCUT2D eigenvalue weighted by molar-refractivity contribution is 5.43. The molecule has 0 saturated carbocycles. The van der Waals surface area contributed by atoms with Crippen molar-refractivity contribution in [3.8, 4) is 11.8 Å². The summed E-state index contributed by atoms with van der Waals surface area (Å²) < 4.78 is 24.0. The van der Waals surface area contributed by atoms with Crippen molar-refractivity contribution < 1.29 is 13.5 Å². The highest BCUT2D eigenvalue weighted by atomic mass is 19.1. The zero-order chi connectivity index (χ0) is 13.1. The van der Waals surface area contributed by atoms with E-state index in [1.54, 1.807) is 13.0 Å². The van der Waals surface area contributed by atoms with E-state index in [1.807, 2.05) is 6.92 Å². The normalized spacial score (nSPS) is 10.1. The summed E-state index contributed by atoms with van der Waals surface area (Å²) in [5.74, 6) is 0.701. The molecule has 0 amide bonds. The van der Waals surface area contributed by atoms with Crippen molar-refractivity contribution in [3.63, 3.8) is 0 Å². The van der Waals surface area contributed by atoms with E-state index >= 15 is 0 Å². The van der Waals surface area contributed by atoms with Crippen molar-refractivity contribution in [2.75, 3.05) is 0 Å². The van der Waals surface area contributed by atoms with Gasteiger partial charge in [0, 0.05) is 0 Å². The minimum Gasteiger partial charge on any atom is -0.482 e. The number of halogens is 1. The molecule has 5 heteroatoms. The third-order valence-corrected chi connectivity index (χ3v) is 2.51. The molecule has 2 aromatic rings. The predicted molar refractivity (Wildman–Crippen MR) is 61.4 cm³/mol. The van der Waals surface area contributed by atoms with Crippen LogP contribution >= 0.6 is 0 Å². The summed E-state index contributed by atoms with van der Waals surface area (Å²) in [5, 5.41) is 8.84. The van der Waals surface area contributed by atoms with Crippen LogP contribution in [0.15, 0.2) is 22.6 Å². The second-order valence-corrected chi connectivity index (χ2v) is 3.76. The maximum absolute atomic E-state index is 13.3. The summed E-state index contributed by atoms with van der Waals surface area (Å²) in [6.07, 6.45) is 0. The summed E-state index contributed by atoms with van der Waals surface area (Å²) in [7, 11) is 0. The lowest BCUT2D eigenvalue weighted by Gasteiger charge is -2.05. The topological polar surface area (TPSA) is 59.0 Å². The number of benzene rings is 1. The van der Waals surface area contributed by atoms with Crippen LogP contribution < -0.4 is 4.74 Å². The van der Waals surface area contributed by atoms with Crippen LogP contribution in [0.1, 0.15) is 22.9 Å². The van der Waals surface area contributed by atoms with Crippen LogP contribution in [-0.4, -0.2) is 4.98 Å². The third kappa shape index (κ3) is 2.33. The zero-order valence-corrected chi connectivity index (χ0v) is 10.0. The molecular weight excluding hydrogens is 235 g/mol. The molecular formula is C13H11FN2O2. The molecule has 0 aliphatic heterocycles. The summed E-state index contributed by atoms with van der Waals surface area (Å²) in [5.41, 5.74) is 0.672. The molecule has 0 spiro atoms. The van der Waals surface area contributed by atoms with E-state index in [9.17, 15) is 4.39 Å². The predicted octanol–water partition coefficient (Wildman–Crippen LogP) is 2.88. The van der Waals surface area contributed by atoms with Crippen LogP contribution in [0.3, 0.4) is 0 Å². The number of aromatic nitrogens is 1. The highest BCUT2D eigenvalue weighted by Gasteiger charge is 2.11. The molecule has 2 rings (SSSR count). The standard InChI is InChI=1S/C13H11FN2O2/c1-8-9(2)18-13(16-8)7-17-12-5-3-4-11(14)10(12)6-15/h3-5H,7H2,1-2H3. The highest BCUT2D eigenvalue weighted by Crippen LogP contribution is 2.21. The summed E-state index contributed by atoms with van der Waals surface area (Å²) in [6.45, 7) is 3.69. The molecule has 0 bridgehead atoms. The minimum absolute atomic E-state index is 0.0623. The van der Waals surface area contributed by atoms with Crippen molar-refractivity contribution in [2.24, 2.45) is 0 Å². The SMILES string of the molecule is Cc1nc(COc2cccc(F)c2C#N)oc1C. The van der Waals surface area contributed by atoms with E-state index in [4.69, 9.17) is 14.4 Å². The van der Waals surface area contributed by atoms with Gasteiger partial charge >= 0.3 is 0 Å². The fourth-order valence-corrected chi connectivity index (χ4v) is 1.47. The molecule has 0 unspecified atom stereocenters. The van der Waals surface area contributed by atoms with Crippen LogP contribution in [0.5, 0.6) is 5.75 Å². The van der Waals surface area contributed by atoms with Gasteiger partial charge in [0.15, 0.2) is 6.61 Å². The smallest absolute Gasteiger partial charge is 0.232 e. The van der Waals surface area contributed by atoms with Gasteiger partial charge in [-0.1, -0.05) is 6.07 Å². The van der Waals surface area contributed by atoms with Gasteiger partial charge in [-0.2, -0.15) is 5.26 Å². The number of nitriles is 1. The number of aryl methyl sites for hydroxylation is 2. The maximum Gasteiger partial charge on any atom is 0.232 e.